The minimum absolute atomic E-state index is 0.199. The molecule has 0 radical (unpaired) electrons. The molecule has 1 fully saturated rings. The van der Waals surface area contributed by atoms with E-state index in [0.29, 0.717) is 0 Å². The van der Waals surface area contributed by atoms with Crippen LogP contribution in [0.25, 0.3) is 11.1 Å². The van der Waals surface area contributed by atoms with Crippen LogP contribution in [0.1, 0.15) is 29.3 Å². The summed E-state index contributed by atoms with van der Waals surface area (Å²) in [4.78, 5) is 15.0. The van der Waals surface area contributed by atoms with Gasteiger partial charge >= 0.3 is 5.97 Å². The smallest absolute Gasteiger partial charge is 0.306 e. The lowest BCUT2D eigenvalue weighted by molar-refractivity contribution is -0.143. The third kappa shape index (κ3) is 3.97. The molecule has 1 aliphatic heterocycles. The molecule has 3 aromatic rings. The molecule has 0 saturated carbocycles. The molecule has 3 nitrogen and oxygen atoms in total. The van der Waals surface area contributed by atoms with Gasteiger partial charge in [-0.1, -0.05) is 60.7 Å². The second-order valence-electron chi connectivity index (χ2n) is 7.05. The van der Waals surface area contributed by atoms with Gasteiger partial charge in [0.15, 0.2) is 0 Å². The molecule has 1 unspecified atom stereocenters. The van der Waals surface area contributed by atoms with Crippen LogP contribution in [-0.4, -0.2) is 29.1 Å². The Labute approximate surface area is 163 Å². The summed E-state index contributed by atoms with van der Waals surface area (Å²) in [6, 6.07) is 23.7. The van der Waals surface area contributed by atoms with E-state index in [2.05, 4.69) is 70.9 Å². The Morgan fingerprint density at radius 1 is 0.926 bits per heavy atom. The fourth-order valence-corrected chi connectivity index (χ4v) is 4.78. The summed E-state index contributed by atoms with van der Waals surface area (Å²) < 4.78 is 0. The van der Waals surface area contributed by atoms with E-state index >= 15 is 0 Å². The molecule has 27 heavy (non-hydrogen) atoms. The summed E-state index contributed by atoms with van der Waals surface area (Å²) in [5, 5.41) is 11.4. The number of nitrogens with zero attached hydrogens (tertiary/aromatic N) is 1. The first kappa shape index (κ1) is 18.0. The predicted octanol–water partition coefficient (Wildman–Crippen LogP) is 5.30. The van der Waals surface area contributed by atoms with Gasteiger partial charge in [-0.05, 0) is 54.1 Å². The van der Waals surface area contributed by atoms with Gasteiger partial charge in [0.1, 0.15) is 0 Å². The van der Waals surface area contributed by atoms with Crippen molar-refractivity contribution in [1.82, 2.24) is 4.90 Å². The standard InChI is InChI=1S/C23H23NO2S/c25-23(26)20-12-14-24(15-13-20)22(21-7-4-16-27-21)19-10-8-18(9-11-19)17-5-2-1-3-6-17/h1-11,16,20,22H,12-15H2,(H,25,26). The zero-order chi connectivity index (χ0) is 18.6. The van der Waals surface area contributed by atoms with Crippen LogP contribution in [0.2, 0.25) is 0 Å². The maximum absolute atomic E-state index is 11.3. The van der Waals surface area contributed by atoms with Gasteiger partial charge in [0.2, 0.25) is 0 Å². The Morgan fingerprint density at radius 2 is 1.59 bits per heavy atom. The Bertz CT molecular complexity index is 867. The van der Waals surface area contributed by atoms with Crippen molar-refractivity contribution < 1.29 is 9.90 Å². The highest BCUT2D eigenvalue weighted by Gasteiger charge is 2.30. The number of benzene rings is 2. The van der Waals surface area contributed by atoms with Crippen LogP contribution in [0.15, 0.2) is 72.1 Å². The Morgan fingerprint density at radius 3 is 2.19 bits per heavy atom. The van der Waals surface area contributed by atoms with E-state index in [0.717, 1.165) is 25.9 Å². The first-order valence-corrected chi connectivity index (χ1v) is 10.3. The maximum atomic E-state index is 11.3. The van der Waals surface area contributed by atoms with E-state index in [9.17, 15) is 9.90 Å². The molecule has 2 aromatic carbocycles. The quantitative estimate of drug-likeness (QED) is 0.656. The average molecular weight is 378 g/mol. The van der Waals surface area contributed by atoms with Crippen molar-refractivity contribution in [2.45, 2.75) is 18.9 Å². The first-order chi connectivity index (χ1) is 13.2. The average Bonchev–Trinajstić information content (AvgIpc) is 3.24. The van der Waals surface area contributed by atoms with Crippen LogP contribution in [0, 0.1) is 5.92 Å². The number of carbonyl (C=O) groups is 1. The van der Waals surface area contributed by atoms with Crippen molar-refractivity contribution in [3.05, 3.63) is 82.6 Å². The predicted molar refractivity (Wildman–Crippen MR) is 110 cm³/mol. The zero-order valence-electron chi connectivity index (χ0n) is 15.1. The van der Waals surface area contributed by atoms with Gasteiger partial charge in [-0.2, -0.15) is 0 Å². The summed E-state index contributed by atoms with van der Waals surface area (Å²) in [5.74, 6) is -0.861. The van der Waals surface area contributed by atoms with Gasteiger partial charge in [-0.25, -0.2) is 0 Å². The SMILES string of the molecule is O=C(O)C1CCN(C(c2ccc(-c3ccccc3)cc2)c2cccs2)CC1. The Hall–Kier alpha value is -2.43. The number of piperidine rings is 1. The fraction of sp³-hybridized carbons (Fsp3) is 0.261. The van der Waals surface area contributed by atoms with Gasteiger partial charge in [-0.15, -0.1) is 11.3 Å². The van der Waals surface area contributed by atoms with E-state index in [4.69, 9.17) is 0 Å². The number of carboxylic acid groups (broad SMARTS) is 1. The molecule has 1 atom stereocenters. The number of thiophene rings is 1. The number of hydrogen-bond donors (Lipinski definition) is 1. The molecular weight excluding hydrogens is 354 g/mol. The topological polar surface area (TPSA) is 40.5 Å². The number of likely N-dealkylation sites (tertiary alicyclic amines) is 1. The molecule has 4 heteroatoms. The van der Waals surface area contributed by atoms with Crippen molar-refractivity contribution in [3.63, 3.8) is 0 Å². The molecule has 0 spiro atoms. The lowest BCUT2D eigenvalue weighted by atomic mass is 9.93. The monoisotopic (exact) mass is 377 g/mol. The van der Waals surface area contributed by atoms with Gasteiger partial charge in [0.25, 0.3) is 0 Å². The highest BCUT2D eigenvalue weighted by molar-refractivity contribution is 7.10. The van der Waals surface area contributed by atoms with Gasteiger partial charge in [-0.3, -0.25) is 9.69 Å². The lowest BCUT2D eigenvalue weighted by Crippen LogP contribution is -2.39. The normalized spacial score (nSPS) is 16.9. The largest absolute Gasteiger partial charge is 0.481 e. The second-order valence-corrected chi connectivity index (χ2v) is 8.03. The van der Waals surface area contributed by atoms with Crippen molar-refractivity contribution in [2.24, 2.45) is 5.92 Å². The highest BCUT2D eigenvalue weighted by Crippen LogP contribution is 2.35. The maximum Gasteiger partial charge on any atom is 0.306 e. The fourth-order valence-electron chi connectivity index (χ4n) is 3.89. The van der Waals surface area contributed by atoms with Gasteiger partial charge in [0.05, 0.1) is 12.0 Å². The van der Waals surface area contributed by atoms with Crippen molar-refractivity contribution in [1.29, 1.82) is 0 Å². The number of aliphatic carboxylic acids is 1. The molecule has 0 aliphatic carbocycles. The van der Waals surface area contributed by atoms with E-state index in [-0.39, 0.29) is 12.0 Å². The molecular formula is C23H23NO2S. The minimum Gasteiger partial charge on any atom is -0.481 e. The third-order valence-corrected chi connectivity index (χ3v) is 6.31. The molecule has 1 aliphatic rings. The van der Waals surface area contributed by atoms with E-state index in [1.54, 1.807) is 11.3 Å². The molecule has 4 rings (SSSR count). The van der Waals surface area contributed by atoms with Crippen molar-refractivity contribution >= 4 is 17.3 Å². The molecule has 138 valence electrons. The number of carboxylic acids is 1. The summed E-state index contributed by atoms with van der Waals surface area (Å²) >= 11 is 1.77. The zero-order valence-corrected chi connectivity index (χ0v) is 15.9. The highest BCUT2D eigenvalue weighted by atomic mass is 32.1. The van der Waals surface area contributed by atoms with Crippen LogP contribution in [0.3, 0.4) is 0 Å². The van der Waals surface area contributed by atoms with E-state index < -0.39 is 5.97 Å². The van der Waals surface area contributed by atoms with Gasteiger partial charge < -0.3 is 5.11 Å². The molecule has 1 aromatic heterocycles. The van der Waals surface area contributed by atoms with Gasteiger partial charge in [0, 0.05) is 4.88 Å². The molecule has 2 heterocycles. The summed E-state index contributed by atoms with van der Waals surface area (Å²) in [7, 11) is 0. The lowest BCUT2D eigenvalue weighted by Gasteiger charge is -2.36. The molecule has 0 amide bonds. The summed E-state index contributed by atoms with van der Waals surface area (Å²) in [5.41, 5.74) is 3.71. The van der Waals surface area contributed by atoms with Crippen LogP contribution >= 0.6 is 11.3 Å². The number of rotatable bonds is 5. The van der Waals surface area contributed by atoms with E-state index in [1.165, 1.54) is 21.6 Å². The summed E-state index contributed by atoms with van der Waals surface area (Å²) in [6.45, 7) is 1.64. The Kier molecular flexibility index (Phi) is 5.37. The van der Waals surface area contributed by atoms with E-state index in [1.807, 2.05) is 6.07 Å². The van der Waals surface area contributed by atoms with Crippen molar-refractivity contribution in [2.75, 3.05) is 13.1 Å². The third-order valence-electron chi connectivity index (χ3n) is 5.39. The van der Waals surface area contributed by atoms with Crippen LogP contribution in [0.4, 0.5) is 0 Å². The van der Waals surface area contributed by atoms with Crippen molar-refractivity contribution in [3.8, 4) is 11.1 Å². The molecule has 0 bridgehead atoms. The second kappa shape index (κ2) is 8.07. The first-order valence-electron chi connectivity index (χ1n) is 9.38. The summed E-state index contributed by atoms with van der Waals surface area (Å²) in [6.07, 6.45) is 1.44. The Balaban J connectivity index is 1.59. The van der Waals surface area contributed by atoms with Crippen LogP contribution in [-0.2, 0) is 4.79 Å². The minimum atomic E-state index is -0.658. The molecule has 1 N–H and O–H groups in total. The molecule has 1 saturated heterocycles. The van der Waals surface area contributed by atoms with Crippen LogP contribution in [0.5, 0.6) is 0 Å². The van der Waals surface area contributed by atoms with Crippen LogP contribution < -0.4 is 0 Å². The number of hydrogen-bond acceptors (Lipinski definition) is 3.